The number of aromatic nitrogens is 3. The molecule has 0 fully saturated rings. The van der Waals surface area contributed by atoms with E-state index in [4.69, 9.17) is 11.6 Å². The van der Waals surface area contributed by atoms with Crippen molar-refractivity contribution in [1.82, 2.24) is 15.0 Å². The van der Waals surface area contributed by atoms with Crippen molar-refractivity contribution >= 4 is 44.4 Å². The van der Waals surface area contributed by atoms with Crippen molar-refractivity contribution in [3.05, 3.63) is 62.1 Å². The van der Waals surface area contributed by atoms with E-state index in [1.165, 1.54) is 0 Å². The average molecular weight is 380 g/mol. The van der Waals surface area contributed by atoms with E-state index in [0.717, 1.165) is 10.9 Å². The Hall–Kier alpha value is -1.92. The summed E-state index contributed by atoms with van der Waals surface area (Å²) >= 11 is 9.29. The summed E-state index contributed by atoms with van der Waals surface area (Å²) in [5, 5.41) is 4.62. The lowest BCUT2D eigenvalue weighted by Crippen LogP contribution is -2.20. The number of halogens is 2. The van der Waals surface area contributed by atoms with Crippen LogP contribution in [-0.2, 0) is 0 Å². The van der Waals surface area contributed by atoms with E-state index in [-0.39, 0.29) is 11.6 Å². The summed E-state index contributed by atoms with van der Waals surface area (Å²) in [5.74, 6) is 0.451. The molecule has 0 unspecified atom stereocenters. The van der Waals surface area contributed by atoms with E-state index in [2.05, 4.69) is 36.2 Å². The highest BCUT2D eigenvalue weighted by Crippen LogP contribution is 2.21. The van der Waals surface area contributed by atoms with Gasteiger partial charge in [0.2, 0.25) is 5.95 Å². The van der Waals surface area contributed by atoms with E-state index in [0.29, 0.717) is 21.1 Å². The molecule has 2 N–H and O–H groups in total. The second kappa shape index (κ2) is 6.06. The van der Waals surface area contributed by atoms with Crippen LogP contribution < -0.4 is 10.9 Å². The van der Waals surface area contributed by atoms with Gasteiger partial charge in [-0.05, 0) is 53.2 Å². The quantitative estimate of drug-likeness (QED) is 0.677. The first-order valence-corrected chi connectivity index (χ1v) is 7.77. The third kappa shape index (κ3) is 3.13. The Morgan fingerprint density at radius 2 is 2.14 bits per heavy atom. The van der Waals surface area contributed by atoms with Crippen LogP contribution in [0.4, 0.5) is 5.95 Å². The Morgan fingerprint density at radius 1 is 1.32 bits per heavy atom. The summed E-state index contributed by atoms with van der Waals surface area (Å²) in [6.45, 7) is 1.88. The maximum Gasteiger partial charge on any atom is 0.253 e. The summed E-state index contributed by atoms with van der Waals surface area (Å²) in [6.07, 6.45) is 1.64. The highest BCUT2D eigenvalue weighted by Gasteiger charge is 2.12. The summed E-state index contributed by atoms with van der Waals surface area (Å²) < 4.78 is 0.677. The van der Waals surface area contributed by atoms with Crippen LogP contribution in [0.2, 0.25) is 5.02 Å². The number of H-pyrrole nitrogens is 1. The summed E-state index contributed by atoms with van der Waals surface area (Å²) in [5.41, 5.74) is 1.20. The van der Waals surface area contributed by atoms with Crippen LogP contribution in [0.3, 0.4) is 0 Å². The lowest BCUT2D eigenvalue weighted by Gasteiger charge is -2.14. The van der Waals surface area contributed by atoms with Gasteiger partial charge in [0.05, 0.1) is 6.04 Å². The van der Waals surface area contributed by atoms with Crippen molar-refractivity contribution in [2.45, 2.75) is 13.0 Å². The van der Waals surface area contributed by atoms with Crippen LogP contribution in [0.5, 0.6) is 0 Å². The molecule has 0 saturated carbocycles. The molecule has 112 valence electrons. The van der Waals surface area contributed by atoms with Gasteiger partial charge in [0.25, 0.3) is 5.56 Å². The van der Waals surface area contributed by atoms with E-state index < -0.39 is 0 Å². The molecule has 3 rings (SSSR count). The minimum atomic E-state index is -0.249. The number of nitrogens with one attached hydrogen (secondary N) is 2. The van der Waals surface area contributed by atoms with Crippen LogP contribution in [0.25, 0.3) is 10.9 Å². The molecule has 0 amide bonds. The van der Waals surface area contributed by atoms with E-state index >= 15 is 0 Å². The fraction of sp³-hybridized carbons (Fsp3) is 0.133. The standard InChI is InChI=1S/C15H12BrClN4O/c1-8(19-15-18-5-4-13(16)21-15)11-7-9-6-10(17)2-3-12(9)20-14(11)22/h2-8H,1H3,(H,20,22)(H,18,19,21)/t8-/m0/s1. The third-order valence-electron chi connectivity index (χ3n) is 3.27. The average Bonchev–Trinajstić information content (AvgIpc) is 2.47. The van der Waals surface area contributed by atoms with E-state index in [1.54, 1.807) is 24.4 Å². The van der Waals surface area contributed by atoms with Crippen molar-refractivity contribution in [1.29, 1.82) is 0 Å². The maximum atomic E-state index is 12.2. The summed E-state index contributed by atoms with van der Waals surface area (Å²) in [7, 11) is 0. The Bertz CT molecular complexity index is 896. The molecule has 0 saturated heterocycles. The van der Waals surface area contributed by atoms with Gasteiger partial charge in [-0.1, -0.05) is 11.6 Å². The van der Waals surface area contributed by atoms with Gasteiger partial charge in [0, 0.05) is 27.7 Å². The SMILES string of the molecule is C[C@H](Nc1nccc(Br)n1)c1cc2cc(Cl)ccc2[nH]c1=O. The highest BCUT2D eigenvalue weighted by atomic mass is 79.9. The molecule has 3 aromatic rings. The number of rotatable bonds is 3. The Labute approximate surface area is 139 Å². The number of fused-ring (bicyclic) bond motifs is 1. The molecular weight excluding hydrogens is 368 g/mol. The van der Waals surface area contributed by atoms with Gasteiger partial charge in [0.15, 0.2) is 0 Å². The van der Waals surface area contributed by atoms with Gasteiger partial charge in [-0.3, -0.25) is 4.79 Å². The number of aromatic amines is 1. The van der Waals surface area contributed by atoms with Crippen LogP contribution >= 0.6 is 27.5 Å². The first kappa shape index (κ1) is 15.0. The molecule has 2 aromatic heterocycles. The fourth-order valence-corrected chi connectivity index (χ4v) is 2.66. The monoisotopic (exact) mass is 378 g/mol. The predicted octanol–water partition coefficient (Wildman–Crippen LogP) is 3.91. The molecule has 5 nitrogen and oxygen atoms in total. The van der Waals surface area contributed by atoms with Crippen LogP contribution in [0.15, 0.2) is 45.9 Å². The normalized spacial score (nSPS) is 12.3. The predicted molar refractivity (Wildman–Crippen MR) is 91.3 cm³/mol. The van der Waals surface area contributed by atoms with Gasteiger partial charge < -0.3 is 10.3 Å². The fourth-order valence-electron chi connectivity index (χ4n) is 2.19. The first-order valence-electron chi connectivity index (χ1n) is 6.60. The zero-order chi connectivity index (χ0) is 15.7. The minimum absolute atomic E-state index is 0.148. The second-order valence-corrected chi connectivity index (χ2v) is 6.10. The number of nitrogens with zero attached hydrogens (tertiary/aromatic N) is 2. The molecule has 0 bridgehead atoms. The number of hydrogen-bond donors (Lipinski definition) is 2. The maximum absolute atomic E-state index is 12.2. The van der Waals surface area contributed by atoms with Crippen LogP contribution in [0.1, 0.15) is 18.5 Å². The molecular formula is C15H12BrClN4O. The first-order chi connectivity index (χ1) is 10.5. The third-order valence-corrected chi connectivity index (χ3v) is 3.95. The second-order valence-electron chi connectivity index (χ2n) is 4.85. The number of anilines is 1. The van der Waals surface area contributed by atoms with Crippen molar-refractivity contribution in [2.75, 3.05) is 5.32 Å². The van der Waals surface area contributed by atoms with E-state index in [1.807, 2.05) is 19.1 Å². The van der Waals surface area contributed by atoms with Crippen molar-refractivity contribution in [2.24, 2.45) is 0 Å². The molecule has 0 aliphatic carbocycles. The molecule has 2 heterocycles. The Balaban J connectivity index is 1.98. The smallest absolute Gasteiger partial charge is 0.253 e. The van der Waals surface area contributed by atoms with Gasteiger partial charge in [-0.2, -0.15) is 0 Å². The van der Waals surface area contributed by atoms with Crippen molar-refractivity contribution < 1.29 is 0 Å². The molecule has 0 radical (unpaired) electrons. The van der Waals surface area contributed by atoms with E-state index in [9.17, 15) is 4.79 Å². The molecule has 1 aromatic carbocycles. The lowest BCUT2D eigenvalue weighted by molar-refractivity contribution is 0.843. The zero-order valence-electron chi connectivity index (χ0n) is 11.6. The molecule has 0 spiro atoms. The van der Waals surface area contributed by atoms with Gasteiger partial charge >= 0.3 is 0 Å². The Kier molecular flexibility index (Phi) is 4.13. The molecule has 0 aliphatic heterocycles. The molecule has 1 atom stereocenters. The summed E-state index contributed by atoms with van der Waals surface area (Å²) in [4.78, 5) is 23.4. The minimum Gasteiger partial charge on any atom is -0.347 e. The van der Waals surface area contributed by atoms with Crippen molar-refractivity contribution in [3.63, 3.8) is 0 Å². The number of benzene rings is 1. The highest BCUT2D eigenvalue weighted by molar-refractivity contribution is 9.10. The molecule has 0 aliphatic rings. The Morgan fingerprint density at radius 3 is 2.91 bits per heavy atom. The van der Waals surface area contributed by atoms with Crippen molar-refractivity contribution in [3.8, 4) is 0 Å². The lowest BCUT2D eigenvalue weighted by atomic mass is 10.1. The van der Waals surface area contributed by atoms with Gasteiger partial charge in [-0.25, -0.2) is 9.97 Å². The molecule has 22 heavy (non-hydrogen) atoms. The number of hydrogen-bond acceptors (Lipinski definition) is 4. The van der Waals surface area contributed by atoms with Crippen LogP contribution in [0, 0.1) is 0 Å². The largest absolute Gasteiger partial charge is 0.347 e. The van der Waals surface area contributed by atoms with Gasteiger partial charge in [0.1, 0.15) is 4.60 Å². The molecule has 7 heteroatoms. The zero-order valence-corrected chi connectivity index (χ0v) is 13.9. The topological polar surface area (TPSA) is 70.7 Å². The number of pyridine rings is 1. The van der Waals surface area contributed by atoms with Crippen LogP contribution in [-0.4, -0.2) is 15.0 Å². The summed E-state index contributed by atoms with van der Waals surface area (Å²) in [6, 6.07) is 8.67. The van der Waals surface area contributed by atoms with Gasteiger partial charge in [-0.15, -0.1) is 0 Å².